The van der Waals surface area contributed by atoms with Gasteiger partial charge in [-0.3, -0.25) is 9.59 Å². The van der Waals surface area contributed by atoms with Crippen LogP contribution in [0.5, 0.6) is 0 Å². The predicted molar refractivity (Wildman–Crippen MR) is 133 cm³/mol. The molecule has 1 saturated heterocycles. The highest BCUT2D eigenvalue weighted by Crippen LogP contribution is 2.30. The molecule has 2 aromatic rings. The number of benzene rings is 1. The van der Waals surface area contributed by atoms with E-state index in [1.807, 2.05) is 39.1 Å². The average Bonchev–Trinajstić information content (AvgIpc) is 2.88. The molecular weight excluding hydrogens is 428 g/mol. The van der Waals surface area contributed by atoms with E-state index in [0.29, 0.717) is 42.9 Å². The van der Waals surface area contributed by atoms with Gasteiger partial charge >= 0.3 is 5.97 Å². The van der Waals surface area contributed by atoms with Gasteiger partial charge in [-0.1, -0.05) is 43.0 Å². The topological polar surface area (TPSA) is 75.6 Å². The number of esters is 1. The molecule has 1 aromatic carbocycles. The van der Waals surface area contributed by atoms with Crippen molar-refractivity contribution in [3.05, 3.63) is 41.6 Å². The molecule has 1 aliphatic heterocycles. The molecule has 0 N–H and O–H groups in total. The van der Waals surface area contributed by atoms with Gasteiger partial charge in [-0.05, 0) is 45.6 Å². The molecule has 182 valence electrons. The number of hydrogen-bond donors (Lipinski definition) is 0. The highest BCUT2D eigenvalue weighted by molar-refractivity contribution is 5.99. The number of aryl methyl sites for hydroxylation is 1. The minimum atomic E-state index is -0.273. The number of amides is 1. The summed E-state index contributed by atoms with van der Waals surface area (Å²) in [6, 6.07) is 8.47. The summed E-state index contributed by atoms with van der Waals surface area (Å²) < 4.78 is 5.22. The van der Waals surface area contributed by atoms with Crippen LogP contribution in [0, 0.1) is 12.8 Å². The summed E-state index contributed by atoms with van der Waals surface area (Å²) in [4.78, 5) is 39.5. The van der Waals surface area contributed by atoms with Crippen LogP contribution in [-0.4, -0.2) is 59.5 Å². The third-order valence-corrected chi connectivity index (χ3v) is 7.06. The summed E-state index contributed by atoms with van der Waals surface area (Å²) in [5, 5.41) is 0. The SMILES string of the molecule is CCOC(=O)[C@@H]1CCCN(C(=O)c2cnc(-c3cccc(C)c3)nc2N(C)C2CCCCC2)C1. The lowest BCUT2D eigenvalue weighted by atomic mass is 9.94. The minimum absolute atomic E-state index is 0.109. The molecule has 7 heteroatoms. The van der Waals surface area contributed by atoms with Crippen LogP contribution < -0.4 is 4.90 Å². The number of carbonyl (C=O) groups is 2. The number of likely N-dealkylation sites (tertiary alicyclic amines) is 1. The van der Waals surface area contributed by atoms with Crippen LogP contribution in [-0.2, 0) is 9.53 Å². The van der Waals surface area contributed by atoms with E-state index in [1.165, 1.54) is 19.3 Å². The van der Waals surface area contributed by atoms with Gasteiger partial charge < -0.3 is 14.5 Å². The van der Waals surface area contributed by atoms with Crippen molar-refractivity contribution in [1.29, 1.82) is 0 Å². The number of carbonyl (C=O) groups excluding carboxylic acids is 2. The van der Waals surface area contributed by atoms with E-state index in [4.69, 9.17) is 9.72 Å². The Balaban J connectivity index is 1.66. The van der Waals surface area contributed by atoms with Gasteiger partial charge in [0.1, 0.15) is 11.4 Å². The van der Waals surface area contributed by atoms with Crippen molar-refractivity contribution in [2.75, 3.05) is 31.6 Å². The summed E-state index contributed by atoms with van der Waals surface area (Å²) in [6.45, 7) is 5.22. The first-order chi connectivity index (χ1) is 16.5. The van der Waals surface area contributed by atoms with Crippen LogP contribution in [0.4, 0.5) is 5.82 Å². The molecular formula is C27H36N4O3. The summed E-state index contributed by atoms with van der Waals surface area (Å²) in [5.74, 6) is 0.709. The molecule has 7 nitrogen and oxygen atoms in total. The molecule has 1 saturated carbocycles. The molecule has 0 radical (unpaired) electrons. The summed E-state index contributed by atoms with van der Waals surface area (Å²) in [7, 11) is 2.05. The molecule has 0 bridgehead atoms. The maximum absolute atomic E-state index is 13.7. The van der Waals surface area contributed by atoms with Crippen molar-refractivity contribution in [3.63, 3.8) is 0 Å². The standard InChI is InChI=1S/C27H36N4O3/c1-4-34-27(33)21-12-9-15-31(18-21)26(32)23-17-28-24(20-11-8-10-19(2)16-20)29-25(23)30(3)22-13-6-5-7-14-22/h8,10-11,16-17,21-22H,4-7,9,12-15,18H2,1-3H3/t21-/m1/s1. The second-order valence-corrected chi connectivity index (χ2v) is 9.55. The van der Waals surface area contributed by atoms with E-state index in [-0.39, 0.29) is 17.8 Å². The maximum atomic E-state index is 13.7. The van der Waals surface area contributed by atoms with Crippen LogP contribution in [0.25, 0.3) is 11.4 Å². The Bertz CT molecular complexity index is 1020. The third-order valence-electron chi connectivity index (χ3n) is 7.06. The quantitative estimate of drug-likeness (QED) is 0.580. The van der Waals surface area contributed by atoms with Crippen molar-refractivity contribution < 1.29 is 14.3 Å². The van der Waals surface area contributed by atoms with Crippen molar-refractivity contribution in [3.8, 4) is 11.4 Å². The van der Waals surface area contributed by atoms with Gasteiger partial charge in [-0.25, -0.2) is 9.97 Å². The maximum Gasteiger partial charge on any atom is 0.310 e. The van der Waals surface area contributed by atoms with Gasteiger partial charge in [0.25, 0.3) is 5.91 Å². The molecule has 2 fully saturated rings. The smallest absolute Gasteiger partial charge is 0.310 e. The Morgan fingerprint density at radius 3 is 2.68 bits per heavy atom. The second-order valence-electron chi connectivity index (χ2n) is 9.55. The largest absolute Gasteiger partial charge is 0.466 e. The number of aromatic nitrogens is 2. The molecule has 0 spiro atoms. The number of ether oxygens (including phenoxy) is 1. The van der Waals surface area contributed by atoms with E-state index in [9.17, 15) is 9.59 Å². The Morgan fingerprint density at radius 2 is 1.94 bits per heavy atom. The normalized spacial score (nSPS) is 19.0. The zero-order valence-electron chi connectivity index (χ0n) is 20.6. The fourth-order valence-electron chi connectivity index (χ4n) is 5.14. The van der Waals surface area contributed by atoms with Gasteiger partial charge in [0.15, 0.2) is 5.82 Å². The number of anilines is 1. The Hall–Kier alpha value is -2.96. The number of piperidine rings is 1. The monoisotopic (exact) mass is 464 g/mol. The van der Waals surface area contributed by atoms with Crippen LogP contribution in [0.1, 0.15) is 67.8 Å². The zero-order valence-corrected chi connectivity index (χ0v) is 20.6. The molecule has 34 heavy (non-hydrogen) atoms. The third kappa shape index (κ3) is 5.40. The van der Waals surface area contributed by atoms with Crippen LogP contribution >= 0.6 is 0 Å². The van der Waals surface area contributed by atoms with Crippen LogP contribution in [0.2, 0.25) is 0 Å². The van der Waals surface area contributed by atoms with Crippen molar-refractivity contribution in [2.45, 2.75) is 64.8 Å². The Kier molecular flexibility index (Phi) is 7.80. The van der Waals surface area contributed by atoms with E-state index >= 15 is 0 Å². The van der Waals surface area contributed by atoms with Crippen LogP contribution in [0.3, 0.4) is 0 Å². The number of nitrogens with zero attached hydrogens (tertiary/aromatic N) is 4. The summed E-state index contributed by atoms with van der Waals surface area (Å²) in [5.41, 5.74) is 2.59. The van der Waals surface area contributed by atoms with Gasteiger partial charge in [0.05, 0.1) is 12.5 Å². The highest BCUT2D eigenvalue weighted by Gasteiger charge is 2.32. The van der Waals surface area contributed by atoms with Gasteiger partial charge in [0.2, 0.25) is 0 Å². The molecule has 2 aliphatic rings. The number of rotatable bonds is 6. The van der Waals surface area contributed by atoms with Crippen molar-refractivity contribution >= 4 is 17.7 Å². The molecule has 1 amide bonds. The molecule has 0 unspecified atom stereocenters. The molecule has 4 rings (SSSR count). The fourth-order valence-corrected chi connectivity index (χ4v) is 5.14. The lowest BCUT2D eigenvalue weighted by Gasteiger charge is -2.35. The lowest BCUT2D eigenvalue weighted by Crippen LogP contribution is -2.44. The minimum Gasteiger partial charge on any atom is -0.466 e. The molecule has 2 heterocycles. The van der Waals surface area contributed by atoms with E-state index in [2.05, 4.69) is 16.0 Å². The van der Waals surface area contributed by atoms with Gasteiger partial charge in [-0.15, -0.1) is 0 Å². The van der Waals surface area contributed by atoms with Crippen molar-refractivity contribution in [1.82, 2.24) is 14.9 Å². The highest BCUT2D eigenvalue weighted by atomic mass is 16.5. The Labute approximate surface area is 202 Å². The predicted octanol–water partition coefficient (Wildman–Crippen LogP) is 4.64. The molecule has 1 aromatic heterocycles. The fraction of sp³-hybridized carbons (Fsp3) is 0.556. The van der Waals surface area contributed by atoms with E-state index < -0.39 is 0 Å². The van der Waals surface area contributed by atoms with Crippen molar-refractivity contribution in [2.24, 2.45) is 5.92 Å². The Morgan fingerprint density at radius 1 is 1.15 bits per heavy atom. The van der Waals surface area contributed by atoms with Gasteiger partial charge in [0, 0.05) is 37.9 Å². The molecule has 1 aliphatic carbocycles. The van der Waals surface area contributed by atoms with Crippen LogP contribution in [0.15, 0.2) is 30.5 Å². The van der Waals surface area contributed by atoms with E-state index in [1.54, 1.807) is 11.1 Å². The first kappa shape index (κ1) is 24.2. The molecule has 1 atom stereocenters. The average molecular weight is 465 g/mol. The first-order valence-corrected chi connectivity index (χ1v) is 12.6. The zero-order chi connectivity index (χ0) is 24.1. The first-order valence-electron chi connectivity index (χ1n) is 12.6. The number of hydrogen-bond acceptors (Lipinski definition) is 6. The second kappa shape index (κ2) is 11.0. The summed E-state index contributed by atoms with van der Waals surface area (Å²) in [6.07, 6.45) is 9.06. The summed E-state index contributed by atoms with van der Waals surface area (Å²) >= 11 is 0. The van der Waals surface area contributed by atoms with Gasteiger partial charge in [-0.2, -0.15) is 0 Å². The lowest BCUT2D eigenvalue weighted by molar-refractivity contribution is -0.149. The van der Waals surface area contributed by atoms with E-state index in [0.717, 1.165) is 36.8 Å².